The van der Waals surface area contributed by atoms with Crippen molar-refractivity contribution >= 4 is 27.5 Å². The van der Waals surface area contributed by atoms with E-state index < -0.39 is 0 Å². The fraction of sp³-hybridized carbons (Fsp3) is 0.375. The van der Waals surface area contributed by atoms with Crippen LogP contribution in [-0.4, -0.2) is 40.3 Å². The highest BCUT2D eigenvalue weighted by Crippen LogP contribution is 2.22. The van der Waals surface area contributed by atoms with Gasteiger partial charge >= 0.3 is 0 Å². The number of anilines is 1. The molecule has 0 saturated carbocycles. The van der Waals surface area contributed by atoms with Gasteiger partial charge in [0.05, 0.1) is 12.1 Å². The highest BCUT2D eigenvalue weighted by molar-refractivity contribution is 7.16. The van der Waals surface area contributed by atoms with Crippen LogP contribution in [-0.2, 0) is 0 Å². The fourth-order valence-corrected chi connectivity index (χ4v) is 1.84. The van der Waals surface area contributed by atoms with Crippen LogP contribution in [0.15, 0.2) is 11.8 Å². The lowest BCUT2D eigenvalue weighted by Gasteiger charge is -2.15. The molecule has 0 bridgehead atoms. The minimum absolute atomic E-state index is 0.103. The summed E-state index contributed by atoms with van der Waals surface area (Å²) in [6, 6.07) is 0. The molecule has 0 amide bonds. The van der Waals surface area contributed by atoms with Crippen LogP contribution in [0, 0.1) is 0 Å². The van der Waals surface area contributed by atoms with E-state index in [1.165, 1.54) is 17.7 Å². The highest BCUT2D eigenvalue weighted by atomic mass is 32.1. The number of aliphatic hydroxyl groups excluding tert-OH is 1. The van der Waals surface area contributed by atoms with Gasteiger partial charge in [-0.1, -0.05) is 0 Å². The van der Waals surface area contributed by atoms with Crippen LogP contribution in [0.4, 0.5) is 5.82 Å². The third-order valence-corrected chi connectivity index (χ3v) is 2.65. The van der Waals surface area contributed by atoms with Gasteiger partial charge in [-0.15, -0.1) is 11.3 Å². The van der Waals surface area contributed by atoms with E-state index in [1.54, 1.807) is 5.51 Å². The van der Waals surface area contributed by atoms with E-state index in [0.717, 1.165) is 16.2 Å². The van der Waals surface area contributed by atoms with E-state index in [1.807, 2.05) is 11.9 Å². The zero-order valence-corrected chi connectivity index (χ0v) is 8.53. The van der Waals surface area contributed by atoms with Gasteiger partial charge in [0.1, 0.15) is 16.7 Å². The average Bonchev–Trinajstić information content (AvgIpc) is 2.65. The highest BCUT2D eigenvalue weighted by Gasteiger charge is 2.09. The molecular formula is C8H10N4OS. The van der Waals surface area contributed by atoms with Gasteiger partial charge in [0.15, 0.2) is 5.82 Å². The van der Waals surface area contributed by atoms with Crippen LogP contribution in [0.3, 0.4) is 0 Å². The molecule has 0 fully saturated rings. The van der Waals surface area contributed by atoms with E-state index >= 15 is 0 Å². The van der Waals surface area contributed by atoms with Crippen LogP contribution < -0.4 is 4.90 Å². The lowest BCUT2D eigenvalue weighted by atomic mass is 10.4. The predicted molar refractivity (Wildman–Crippen MR) is 55.6 cm³/mol. The summed E-state index contributed by atoms with van der Waals surface area (Å²) in [4.78, 5) is 15.2. The molecule has 0 saturated heterocycles. The summed E-state index contributed by atoms with van der Waals surface area (Å²) >= 11 is 1.49. The Morgan fingerprint density at radius 2 is 2.29 bits per heavy atom. The Kier molecular flexibility index (Phi) is 2.55. The van der Waals surface area contributed by atoms with Gasteiger partial charge in [-0.05, 0) is 0 Å². The van der Waals surface area contributed by atoms with Crippen molar-refractivity contribution in [2.45, 2.75) is 0 Å². The summed E-state index contributed by atoms with van der Waals surface area (Å²) in [5.41, 5.74) is 2.55. The van der Waals surface area contributed by atoms with Gasteiger partial charge in [-0.25, -0.2) is 15.0 Å². The van der Waals surface area contributed by atoms with Crippen LogP contribution >= 0.6 is 11.3 Å². The van der Waals surface area contributed by atoms with Crippen LogP contribution in [0.1, 0.15) is 0 Å². The third-order valence-electron chi connectivity index (χ3n) is 1.91. The van der Waals surface area contributed by atoms with Crippen molar-refractivity contribution in [3.8, 4) is 0 Å². The largest absolute Gasteiger partial charge is 0.395 e. The summed E-state index contributed by atoms with van der Waals surface area (Å²) in [5.74, 6) is 0.769. The molecule has 2 rings (SSSR count). The number of rotatable bonds is 3. The van der Waals surface area contributed by atoms with Crippen molar-refractivity contribution in [2.75, 3.05) is 25.1 Å². The molecule has 0 spiro atoms. The normalized spacial score (nSPS) is 10.7. The molecule has 0 unspecified atom stereocenters. The number of thiazole rings is 1. The molecule has 5 nitrogen and oxygen atoms in total. The van der Waals surface area contributed by atoms with E-state index in [-0.39, 0.29) is 6.61 Å². The second-order valence-corrected chi connectivity index (χ2v) is 3.68. The molecule has 2 aromatic rings. The maximum Gasteiger partial charge on any atom is 0.159 e. The van der Waals surface area contributed by atoms with Crippen molar-refractivity contribution in [3.63, 3.8) is 0 Å². The first-order chi connectivity index (χ1) is 6.83. The molecule has 2 aromatic heterocycles. The third kappa shape index (κ3) is 1.53. The molecule has 1 N–H and O–H groups in total. The SMILES string of the molecule is CN(CCO)c1ncnc2scnc12. The van der Waals surface area contributed by atoms with Crippen LogP contribution in [0.25, 0.3) is 10.3 Å². The van der Waals surface area contributed by atoms with E-state index in [9.17, 15) is 0 Å². The summed E-state index contributed by atoms with van der Waals surface area (Å²) in [7, 11) is 1.87. The molecule has 6 heteroatoms. The summed E-state index contributed by atoms with van der Waals surface area (Å²) in [6.07, 6.45) is 1.52. The minimum atomic E-state index is 0.103. The fourth-order valence-electron chi connectivity index (χ4n) is 1.22. The van der Waals surface area contributed by atoms with E-state index in [4.69, 9.17) is 5.11 Å². The maximum absolute atomic E-state index is 8.82. The second kappa shape index (κ2) is 3.85. The topological polar surface area (TPSA) is 62.1 Å². The predicted octanol–water partition coefficient (Wildman–Crippen LogP) is 0.515. The monoisotopic (exact) mass is 210 g/mol. The molecule has 0 atom stereocenters. The minimum Gasteiger partial charge on any atom is -0.395 e. The Balaban J connectivity index is 2.45. The van der Waals surface area contributed by atoms with Crippen molar-refractivity contribution in [3.05, 3.63) is 11.8 Å². The standard InChI is InChI=1S/C8H10N4OS/c1-12(2-3-13)7-6-8(10-4-9-7)14-5-11-6/h4-5,13H,2-3H2,1H3. The molecule has 0 aliphatic carbocycles. The second-order valence-electron chi connectivity index (χ2n) is 2.85. The molecule has 74 valence electrons. The number of nitrogens with zero attached hydrogens (tertiary/aromatic N) is 4. The first-order valence-electron chi connectivity index (χ1n) is 4.19. The lowest BCUT2D eigenvalue weighted by molar-refractivity contribution is 0.304. The maximum atomic E-state index is 8.82. The Bertz CT molecular complexity index is 430. The van der Waals surface area contributed by atoms with Gasteiger partial charge in [0, 0.05) is 13.6 Å². The van der Waals surface area contributed by atoms with Crippen molar-refractivity contribution < 1.29 is 5.11 Å². The van der Waals surface area contributed by atoms with Crippen molar-refractivity contribution in [1.82, 2.24) is 15.0 Å². The quantitative estimate of drug-likeness (QED) is 0.800. The molecular weight excluding hydrogens is 200 g/mol. The number of likely N-dealkylation sites (N-methyl/N-ethyl adjacent to an activating group) is 1. The molecule has 2 heterocycles. The van der Waals surface area contributed by atoms with Gasteiger partial charge in [0.25, 0.3) is 0 Å². The lowest BCUT2D eigenvalue weighted by Crippen LogP contribution is -2.22. The zero-order chi connectivity index (χ0) is 9.97. The molecule has 0 aromatic carbocycles. The number of aliphatic hydroxyl groups is 1. The van der Waals surface area contributed by atoms with E-state index in [2.05, 4.69) is 15.0 Å². The van der Waals surface area contributed by atoms with Crippen molar-refractivity contribution in [2.24, 2.45) is 0 Å². The first kappa shape index (κ1) is 9.29. The Morgan fingerprint density at radius 1 is 1.43 bits per heavy atom. The number of hydrogen-bond acceptors (Lipinski definition) is 6. The van der Waals surface area contributed by atoms with E-state index in [0.29, 0.717) is 6.54 Å². The van der Waals surface area contributed by atoms with Crippen LogP contribution in [0.2, 0.25) is 0 Å². The van der Waals surface area contributed by atoms with Crippen molar-refractivity contribution in [1.29, 1.82) is 0 Å². The Hall–Kier alpha value is -1.27. The molecule has 0 aliphatic heterocycles. The smallest absolute Gasteiger partial charge is 0.159 e. The van der Waals surface area contributed by atoms with Gasteiger partial charge in [-0.3, -0.25) is 0 Å². The van der Waals surface area contributed by atoms with Gasteiger partial charge < -0.3 is 10.0 Å². The van der Waals surface area contributed by atoms with Crippen LogP contribution in [0.5, 0.6) is 0 Å². The average molecular weight is 210 g/mol. The Labute approximate surface area is 85.1 Å². The molecule has 0 radical (unpaired) electrons. The first-order valence-corrected chi connectivity index (χ1v) is 5.07. The number of aromatic nitrogens is 3. The summed E-state index contributed by atoms with van der Waals surface area (Å²) < 4.78 is 0. The van der Waals surface area contributed by atoms with Gasteiger partial charge in [-0.2, -0.15) is 0 Å². The Morgan fingerprint density at radius 3 is 3.07 bits per heavy atom. The number of fused-ring (bicyclic) bond motifs is 1. The number of hydrogen-bond donors (Lipinski definition) is 1. The summed E-state index contributed by atoms with van der Waals surface area (Å²) in [6.45, 7) is 0.649. The molecule has 14 heavy (non-hydrogen) atoms. The molecule has 0 aliphatic rings. The summed E-state index contributed by atoms with van der Waals surface area (Å²) in [5, 5.41) is 8.82. The zero-order valence-electron chi connectivity index (χ0n) is 7.71. The van der Waals surface area contributed by atoms with Gasteiger partial charge in [0.2, 0.25) is 0 Å².